The Balaban J connectivity index is 1.59. The molecule has 2 aromatic heterocycles. The average molecular weight is 412 g/mol. The van der Waals surface area contributed by atoms with E-state index >= 15 is 0 Å². The topological polar surface area (TPSA) is 81.8 Å². The van der Waals surface area contributed by atoms with E-state index in [1.54, 1.807) is 43.6 Å². The van der Waals surface area contributed by atoms with Gasteiger partial charge in [0.2, 0.25) is 5.43 Å². The van der Waals surface area contributed by atoms with Gasteiger partial charge in [-0.1, -0.05) is 29.8 Å². The van der Waals surface area contributed by atoms with Gasteiger partial charge in [-0.2, -0.15) is 10.2 Å². The zero-order valence-corrected chi connectivity index (χ0v) is 16.0. The molecule has 0 radical (unpaired) electrons. The van der Waals surface area contributed by atoms with Gasteiger partial charge in [-0.25, -0.2) is 4.39 Å². The molecule has 4 rings (SSSR count). The zero-order valence-electron chi connectivity index (χ0n) is 15.3. The first-order chi connectivity index (χ1) is 13.9. The van der Waals surface area contributed by atoms with Gasteiger partial charge in [-0.3, -0.25) is 19.0 Å². The van der Waals surface area contributed by atoms with Crippen molar-refractivity contribution in [2.45, 2.75) is 6.54 Å². The summed E-state index contributed by atoms with van der Waals surface area (Å²) in [5, 5.41) is 11.5. The van der Waals surface area contributed by atoms with Gasteiger partial charge in [0.05, 0.1) is 29.3 Å². The van der Waals surface area contributed by atoms with E-state index in [1.807, 2.05) is 0 Å². The number of aromatic nitrogens is 4. The molecule has 0 aliphatic heterocycles. The minimum absolute atomic E-state index is 0.205. The Kier molecular flexibility index (Phi) is 4.85. The molecule has 0 aliphatic rings. The van der Waals surface area contributed by atoms with E-state index in [0.29, 0.717) is 27.2 Å². The molecule has 0 unspecified atom stereocenters. The third-order valence-corrected chi connectivity index (χ3v) is 4.65. The van der Waals surface area contributed by atoms with Gasteiger partial charge in [0.15, 0.2) is 5.69 Å². The van der Waals surface area contributed by atoms with Crippen molar-refractivity contribution in [2.24, 2.45) is 7.05 Å². The third-order valence-electron chi connectivity index (χ3n) is 4.41. The number of anilines is 1. The summed E-state index contributed by atoms with van der Waals surface area (Å²) < 4.78 is 16.7. The molecule has 2 aromatic carbocycles. The minimum atomic E-state index is -0.669. The van der Waals surface area contributed by atoms with Crippen LogP contribution in [0.3, 0.4) is 0 Å². The van der Waals surface area contributed by atoms with Crippen molar-refractivity contribution in [2.75, 3.05) is 5.32 Å². The van der Waals surface area contributed by atoms with Gasteiger partial charge in [0, 0.05) is 23.8 Å². The number of carbonyl (C=O) groups is 1. The van der Waals surface area contributed by atoms with E-state index < -0.39 is 11.3 Å². The monoisotopic (exact) mass is 411 g/mol. The molecule has 4 aromatic rings. The summed E-state index contributed by atoms with van der Waals surface area (Å²) in [6, 6.07) is 11.2. The Morgan fingerprint density at radius 3 is 2.83 bits per heavy atom. The number of rotatable bonds is 4. The van der Waals surface area contributed by atoms with E-state index in [9.17, 15) is 14.0 Å². The second-order valence-electron chi connectivity index (χ2n) is 6.43. The zero-order chi connectivity index (χ0) is 20.5. The van der Waals surface area contributed by atoms with E-state index in [-0.39, 0.29) is 18.1 Å². The number of carbonyl (C=O) groups excluding carboxylic acids is 1. The third kappa shape index (κ3) is 3.74. The molecule has 1 N–H and O–H groups in total. The number of benzene rings is 2. The first-order valence-corrected chi connectivity index (χ1v) is 9.04. The van der Waals surface area contributed by atoms with E-state index in [4.69, 9.17) is 11.6 Å². The molecule has 146 valence electrons. The van der Waals surface area contributed by atoms with Crippen LogP contribution in [0.15, 0.2) is 59.7 Å². The highest BCUT2D eigenvalue weighted by Gasteiger charge is 2.18. The number of nitrogens with zero attached hydrogens (tertiary/aromatic N) is 4. The van der Waals surface area contributed by atoms with Gasteiger partial charge >= 0.3 is 0 Å². The standard InChI is InChI=1S/C20H15ClFN5O2/c1-26-17-7-6-13(21)8-15(17)19(28)18(25-26)20(29)24-14-9-23-27(11-14)10-12-4-2-3-5-16(12)22/h2-9,11H,10H2,1H3,(H,24,29). The molecule has 0 atom stereocenters. The Morgan fingerprint density at radius 1 is 1.24 bits per heavy atom. The summed E-state index contributed by atoms with van der Waals surface area (Å²) in [4.78, 5) is 25.3. The van der Waals surface area contributed by atoms with Crippen molar-refractivity contribution in [1.82, 2.24) is 19.6 Å². The second kappa shape index (κ2) is 7.48. The molecule has 9 heteroatoms. The first kappa shape index (κ1) is 18.8. The van der Waals surface area contributed by atoms with E-state index in [1.165, 1.54) is 27.7 Å². The van der Waals surface area contributed by atoms with Crippen LogP contribution in [0.1, 0.15) is 16.1 Å². The summed E-state index contributed by atoms with van der Waals surface area (Å²) in [5.74, 6) is -1.01. The Bertz CT molecular complexity index is 1300. The number of hydrogen-bond acceptors (Lipinski definition) is 4. The molecule has 1 amide bonds. The number of halogens is 2. The Morgan fingerprint density at radius 2 is 2.03 bits per heavy atom. The predicted molar refractivity (Wildman–Crippen MR) is 108 cm³/mol. The summed E-state index contributed by atoms with van der Waals surface area (Å²) in [6.45, 7) is 0.205. The van der Waals surface area contributed by atoms with Crippen molar-refractivity contribution < 1.29 is 9.18 Å². The fourth-order valence-corrected chi connectivity index (χ4v) is 3.18. The molecule has 7 nitrogen and oxygen atoms in total. The smallest absolute Gasteiger partial charge is 0.280 e. The van der Waals surface area contributed by atoms with Crippen LogP contribution in [-0.4, -0.2) is 25.5 Å². The second-order valence-corrected chi connectivity index (χ2v) is 6.87. The molecule has 0 bridgehead atoms. The van der Waals surface area contributed by atoms with Crippen LogP contribution in [0.5, 0.6) is 0 Å². The molecule has 0 saturated heterocycles. The maximum Gasteiger partial charge on any atom is 0.280 e. The SMILES string of the molecule is Cn1nc(C(=O)Nc2cnn(Cc3ccccc3F)c2)c(=O)c2cc(Cl)ccc21. The first-order valence-electron chi connectivity index (χ1n) is 8.66. The largest absolute Gasteiger partial charge is 0.318 e. The lowest BCUT2D eigenvalue weighted by molar-refractivity contribution is 0.101. The fraction of sp³-hybridized carbons (Fsp3) is 0.100. The lowest BCUT2D eigenvalue weighted by Crippen LogP contribution is -2.26. The fourth-order valence-electron chi connectivity index (χ4n) is 3.00. The quantitative estimate of drug-likeness (QED) is 0.559. The number of fused-ring (bicyclic) bond motifs is 1. The highest BCUT2D eigenvalue weighted by Crippen LogP contribution is 2.16. The summed E-state index contributed by atoms with van der Waals surface area (Å²) >= 11 is 5.98. The maximum absolute atomic E-state index is 13.8. The van der Waals surface area contributed by atoms with Crippen LogP contribution < -0.4 is 10.7 Å². The van der Waals surface area contributed by atoms with Crippen LogP contribution in [0, 0.1) is 5.82 Å². The van der Waals surface area contributed by atoms with E-state index in [0.717, 1.165) is 0 Å². The summed E-state index contributed by atoms with van der Waals surface area (Å²) in [6.07, 6.45) is 2.97. The number of nitrogens with one attached hydrogen (secondary N) is 1. The van der Waals surface area contributed by atoms with Gasteiger partial charge in [0.1, 0.15) is 5.82 Å². The molecular formula is C20H15ClFN5O2. The summed E-state index contributed by atoms with van der Waals surface area (Å²) in [5.41, 5.74) is 0.617. The lowest BCUT2D eigenvalue weighted by atomic mass is 10.2. The average Bonchev–Trinajstić information content (AvgIpc) is 3.13. The van der Waals surface area contributed by atoms with Gasteiger partial charge < -0.3 is 5.32 Å². The lowest BCUT2D eigenvalue weighted by Gasteiger charge is -2.08. The predicted octanol–water partition coefficient (Wildman–Crippen LogP) is 3.22. The normalized spacial score (nSPS) is 11.0. The molecule has 29 heavy (non-hydrogen) atoms. The minimum Gasteiger partial charge on any atom is -0.318 e. The number of amides is 1. The Hall–Kier alpha value is -3.52. The summed E-state index contributed by atoms with van der Waals surface area (Å²) in [7, 11) is 1.64. The van der Waals surface area contributed by atoms with Gasteiger partial charge in [0.25, 0.3) is 5.91 Å². The van der Waals surface area contributed by atoms with E-state index in [2.05, 4.69) is 15.5 Å². The van der Waals surface area contributed by atoms with Gasteiger partial charge in [-0.15, -0.1) is 0 Å². The number of aryl methyl sites for hydroxylation is 1. The van der Waals surface area contributed by atoms with Crippen molar-refractivity contribution in [3.05, 3.63) is 87.2 Å². The van der Waals surface area contributed by atoms with Crippen LogP contribution in [0.2, 0.25) is 5.02 Å². The van der Waals surface area contributed by atoms with Crippen molar-refractivity contribution >= 4 is 34.1 Å². The maximum atomic E-state index is 13.8. The van der Waals surface area contributed by atoms with Crippen LogP contribution in [-0.2, 0) is 13.6 Å². The molecular weight excluding hydrogens is 397 g/mol. The van der Waals surface area contributed by atoms with Gasteiger partial charge in [-0.05, 0) is 24.3 Å². The molecule has 0 aliphatic carbocycles. The Labute approximate surface area is 169 Å². The van der Waals surface area contributed by atoms with Crippen LogP contribution >= 0.6 is 11.6 Å². The molecule has 0 fully saturated rings. The van der Waals surface area contributed by atoms with Crippen LogP contribution in [0.25, 0.3) is 10.9 Å². The van der Waals surface area contributed by atoms with Crippen molar-refractivity contribution in [1.29, 1.82) is 0 Å². The number of hydrogen-bond donors (Lipinski definition) is 1. The molecule has 0 saturated carbocycles. The van der Waals surface area contributed by atoms with Crippen molar-refractivity contribution in [3.63, 3.8) is 0 Å². The van der Waals surface area contributed by atoms with Crippen LogP contribution in [0.4, 0.5) is 10.1 Å². The highest BCUT2D eigenvalue weighted by atomic mass is 35.5. The molecule has 2 heterocycles. The highest BCUT2D eigenvalue weighted by molar-refractivity contribution is 6.31. The molecule has 0 spiro atoms. The van der Waals surface area contributed by atoms with Crippen molar-refractivity contribution in [3.8, 4) is 0 Å².